The third-order valence-electron chi connectivity index (χ3n) is 5.86. The second kappa shape index (κ2) is 5.74. The zero-order valence-electron chi connectivity index (χ0n) is 14.4. The summed E-state index contributed by atoms with van der Waals surface area (Å²) in [6, 6.07) is 8.24. The van der Waals surface area contributed by atoms with E-state index in [0.29, 0.717) is 18.4 Å². The minimum atomic E-state index is -0.254. The summed E-state index contributed by atoms with van der Waals surface area (Å²) in [5.74, 6) is 1.46. The Hall–Kier alpha value is -1.59. The molecule has 4 rings (SSSR count). The van der Waals surface area contributed by atoms with Crippen LogP contribution < -0.4 is 10.5 Å². The molecule has 1 aromatic carbocycles. The second-order valence-electron chi connectivity index (χ2n) is 7.93. The van der Waals surface area contributed by atoms with Crippen LogP contribution in [-0.4, -0.2) is 42.1 Å². The van der Waals surface area contributed by atoms with Gasteiger partial charge in [0.05, 0.1) is 18.8 Å². The van der Waals surface area contributed by atoms with E-state index in [4.69, 9.17) is 15.2 Å². The Morgan fingerprint density at radius 2 is 2.17 bits per heavy atom. The summed E-state index contributed by atoms with van der Waals surface area (Å²) >= 11 is 0. The van der Waals surface area contributed by atoms with Crippen LogP contribution in [0.3, 0.4) is 0 Å². The highest BCUT2D eigenvalue weighted by atomic mass is 16.5. The first-order valence-electron chi connectivity index (χ1n) is 8.88. The molecule has 5 nitrogen and oxygen atoms in total. The fraction of sp³-hybridized carbons (Fsp3) is 0.632. The summed E-state index contributed by atoms with van der Waals surface area (Å²) in [6.45, 7) is 6.43. The van der Waals surface area contributed by atoms with Crippen LogP contribution >= 0.6 is 0 Å². The number of amides is 1. The number of carbonyl (C=O) groups is 1. The van der Waals surface area contributed by atoms with Crippen LogP contribution in [0.15, 0.2) is 24.3 Å². The summed E-state index contributed by atoms with van der Waals surface area (Å²) < 4.78 is 12.9. The number of piperidine rings is 1. The summed E-state index contributed by atoms with van der Waals surface area (Å²) in [7, 11) is 0. The molecule has 0 aromatic heterocycles. The quantitative estimate of drug-likeness (QED) is 0.902. The Bertz CT molecular complexity index is 645. The number of likely N-dealkylation sites (tertiary alicyclic amines) is 1. The predicted molar refractivity (Wildman–Crippen MR) is 90.6 cm³/mol. The van der Waals surface area contributed by atoms with Gasteiger partial charge < -0.3 is 15.2 Å². The van der Waals surface area contributed by atoms with Crippen LogP contribution in [0.2, 0.25) is 0 Å². The number of ether oxygens (including phenoxy) is 2. The molecule has 3 heterocycles. The lowest BCUT2D eigenvalue weighted by atomic mass is 9.70. The lowest BCUT2D eigenvalue weighted by Gasteiger charge is -2.53. The van der Waals surface area contributed by atoms with Crippen LogP contribution in [0.25, 0.3) is 0 Å². The van der Waals surface area contributed by atoms with E-state index in [-0.39, 0.29) is 23.7 Å². The first-order chi connectivity index (χ1) is 11.4. The number of nitrogens with two attached hydrogens (primary N) is 1. The third-order valence-corrected chi connectivity index (χ3v) is 5.86. The van der Waals surface area contributed by atoms with E-state index in [1.807, 2.05) is 12.1 Å². The maximum absolute atomic E-state index is 11.2. The molecule has 4 atom stereocenters. The number of rotatable bonds is 2. The van der Waals surface area contributed by atoms with Gasteiger partial charge in [-0.1, -0.05) is 18.2 Å². The first-order valence-corrected chi connectivity index (χ1v) is 8.88. The van der Waals surface area contributed by atoms with Crippen molar-refractivity contribution >= 4 is 5.91 Å². The van der Waals surface area contributed by atoms with Gasteiger partial charge in [0, 0.05) is 24.6 Å². The van der Waals surface area contributed by atoms with Gasteiger partial charge in [-0.15, -0.1) is 0 Å². The Morgan fingerprint density at radius 1 is 1.38 bits per heavy atom. The monoisotopic (exact) mass is 330 g/mol. The summed E-state index contributed by atoms with van der Waals surface area (Å²) in [5.41, 5.74) is 6.29. The molecular weight excluding hydrogens is 304 g/mol. The van der Waals surface area contributed by atoms with Crippen LogP contribution in [0.1, 0.15) is 38.4 Å². The normalized spacial score (nSPS) is 34.4. The number of hydrogen-bond donors (Lipinski definition) is 1. The molecule has 1 amide bonds. The van der Waals surface area contributed by atoms with E-state index in [2.05, 4.69) is 30.9 Å². The van der Waals surface area contributed by atoms with Crippen molar-refractivity contribution in [2.24, 2.45) is 17.6 Å². The molecule has 0 saturated carbocycles. The number of fused-ring (bicyclic) bond motifs is 4. The van der Waals surface area contributed by atoms with Crippen molar-refractivity contribution in [3.63, 3.8) is 0 Å². The van der Waals surface area contributed by atoms with Gasteiger partial charge in [-0.25, -0.2) is 0 Å². The Balaban J connectivity index is 1.58. The average Bonchev–Trinajstić information content (AvgIpc) is 2.52. The van der Waals surface area contributed by atoms with Gasteiger partial charge in [-0.3, -0.25) is 9.69 Å². The molecular formula is C19H26N2O3. The van der Waals surface area contributed by atoms with Crippen LogP contribution in [-0.2, 0) is 9.53 Å². The zero-order chi connectivity index (χ0) is 16.9. The van der Waals surface area contributed by atoms with Gasteiger partial charge in [0.1, 0.15) is 11.4 Å². The molecule has 1 aromatic rings. The Labute approximate surface area is 143 Å². The average molecular weight is 330 g/mol. The van der Waals surface area contributed by atoms with E-state index < -0.39 is 0 Å². The Kier molecular flexibility index (Phi) is 3.81. The smallest absolute Gasteiger partial charge is 0.231 e. The summed E-state index contributed by atoms with van der Waals surface area (Å²) in [6.07, 6.45) is 2.39. The van der Waals surface area contributed by atoms with Gasteiger partial charge in [0.25, 0.3) is 0 Å². The fourth-order valence-electron chi connectivity index (χ4n) is 4.69. The number of para-hydroxylation sites is 1. The van der Waals surface area contributed by atoms with E-state index >= 15 is 0 Å². The lowest BCUT2D eigenvalue weighted by molar-refractivity contribution is -0.187. The topological polar surface area (TPSA) is 64.8 Å². The molecule has 5 heteroatoms. The zero-order valence-corrected chi connectivity index (χ0v) is 14.4. The van der Waals surface area contributed by atoms with Crippen molar-refractivity contribution in [2.45, 2.75) is 44.5 Å². The van der Waals surface area contributed by atoms with E-state index in [1.165, 1.54) is 5.56 Å². The van der Waals surface area contributed by atoms with Crippen LogP contribution in [0.5, 0.6) is 5.75 Å². The van der Waals surface area contributed by atoms with Crippen molar-refractivity contribution in [1.29, 1.82) is 0 Å². The van der Waals surface area contributed by atoms with Crippen LogP contribution in [0, 0.1) is 11.8 Å². The van der Waals surface area contributed by atoms with E-state index in [1.54, 1.807) is 0 Å². The van der Waals surface area contributed by atoms with E-state index in [9.17, 15) is 4.79 Å². The van der Waals surface area contributed by atoms with Gasteiger partial charge in [-0.05, 0) is 38.7 Å². The van der Waals surface area contributed by atoms with Crippen molar-refractivity contribution in [3.8, 4) is 5.75 Å². The van der Waals surface area contributed by atoms with Crippen molar-refractivity contribution in [2.75, 3.05) is 19.6 Å². The predicted octanol–water partition coefficient (Wildman–Crippen LogP) is 2.11. The van der Waals surface area contributed by atoms with E-state index in [0.717, 1.165) is 31.7 Å². The number of primary amides is 1. The standard InChI is InChI=1S/C19H26N2O3/c1-19(2)14-9-12-10-21(11-17(20)22)8-7-15(12)23-18(14)13-5-3-4-6-16(13)24-19/h3-6,12,14-15,18H,7-11H2,1-2H3,(H2,20,22)/t12-,14+,15+,18-/m0/s1. The van der Waals surface area contributed by atoms with Gasteiger partial charge in [0.15, 0.2) is 0 Å². The third kappa shape index (κ3) is 2.70. The maximum Gasteiger partial charge on any atom is 0.231 e. The molecule has 2 fully saturated rings. The molecule has 0 bridgehead atoms. The highest BCUT2D eigenvalue weighted by molar-refractivity contribution is 5.75. The molecule has 0 aliphatic carbocycles. The minimum absolute atomic E-state index is 0.105. The molecule has 2 N–H and O–H groups in total. The minimum Gasteiger partial charge on any atom is -0.487 e. The van der Waals surface area contributed by atoms with Gasteiger partial charge >= 0.3 is 0 Å². The molecule has 2 saturated heterocycles. The molecule has 24 heavy (non-hydrogen) atoms. The fourth-order valence-corrected chi connectivity index (χ4v) is 4.69. The van der Waals surface area contributed by atoms with Crippen LogP contribution in [0.4, 0.5) is 0 Å². The molecule has 0 unspecified atom stereocenters. The largest absolute Gasteiger partial charge is 0.487 e. The maximum atomic E-state index is 11.2. The summed E-state index contributed by atoms with van der Waals surface area (Å²) in [4.78, 5) is 13.4. The first kappa shape index (κ1) is 15.9. The highest BCUT2D eigenvalue weighted by Crippen LogP contribution is 2.52. The number of nitrogens with zero attached hydrogens (tertiary/aromatic N) is 1. The van der Waals surface area contributed by atoms with Gasteiger partial charge in [0.2, 0.25) is 5.91 Å². The molecule has 0 radical (unpaired) electrons. The van der Waals surface area contributed by atoms with Crippen molar-refractivity contribution < 1.29 is 14.3 Å². The van der Waals surface area contributed by atoms with Crippen molar-refractivity contribution in [3.05, 3.63) is 29.8 Å². The second-order valence-corrected chi connectivity index (χ2v) is 7.93. The lowest BCUT2D eigenvalue weighted by Crippen LogP contribution is -2.55. The van der Waals surface area contributed by atoms with Crippen molar-refractivity contribution in [1.82, 2.24) is 4.90 Å². The summed E-state index contributed by atoms with van der Waals surface area (Å²) in [5, 5.41) is 0. The highest BCUT2D eigenvalue weighted by Gasteiger charge is 2.51. The number of carbonyl (C=O) groups excluding carboxylic acids is 1. The van der Waals surface area contributed by atoms with Gasteiger partial charge in [-0.2, -0.15) is 0 Å². The molecule has 0 spiro atoms. The number of benzene rings is 1. The number of hydrogen-bond acceptors (Lipinski definition) is 4. The SMILES string of the molecule is CC1(C)Oc2ccccc2[C@@H]2O[C@@H]3CCN(CC(N)=O)C[C@@H]3C[C@H]21. The molecule has 130 valence electrons. The molecule has 3 aliphatic rings. The molecule has 3 aliphatic heterocycles. The Morgan fingerprint density at radius 3 is 2.96 bits per heavy atom.